The molecule has 53 heavy (non-hydrogen) atoms. The van der Waals surface area contributed by atoms with E-state index in [1.54, 1.807) is 0 Å². The van der Waals surface area contributed by atoms with E-state index in [9.17, 15) is 0 Å². The first-order valence-corrected chi connectivity index (χ1v) is 18.3. The molecular formula is C50H31N3. The third-order valence-corrected chi connectivity index (χ3v) is 11.7. The second kappa shape index (κ2) is 10.5. The van der Waals surface area contributed by atoms with E-state index in [0.29, 0.717) is 0 Å². The first kappa shape index (κ1) is 28.7. The fourth-order valence-electron chi connectivity index (χ4n) is 9.62. The van der Waals surface area contributed by atoms with Crippen molar-refractivity contribution in [3.8, 4) is 45.0 Å². The Morgan fingerprint density at radius 2 is 1.04 bits per heavy atom. The number of fused-ring (bicyclic) bond motifs is 13. The van der Waals surface area contributed by atoms with Crippen LogP contribution in [0, 0.1) is 0 Å². The number of imidazole rings is 1. The summed E-state index contributed by atoms with van der Waals surface area (Å²) >= 11 is 0. The summed E-state index contributed by atoms with van der Waals surface area (Å²) in [5, 5.41) is 2.59. The molecule has 1 atom stereocenters. The van der Waals surface area contributed by atoms with Crippen LogP contribution in [0.15, 0.2) is 188 Å². The average Bonchev–Trinajstić information content (AvgIpc) is 3.88. The van der Waals surface area contributed by atoms with Crippen LogP contribution in [-0.2, 0) is 5.41 Å². The first-order chi connectivity index (χ1) is 26.3. The number of hydrogen-bond donors (Lipinski definition) is 0. The molecule has 3 heterocycles. The summed E-state index contributed by atoms with van der Waals surface area (Å²) in [5.74, 6) is 0.941. The minimum absolute atomic E-state index is 0.439. The third kappa shape index (κ3) is 3.70. The van der Waals surface area contributed by atoms with Gasteiger partial charge in [-0.3, -0.25) is 4.57 Å². The number of hydrogen-bond acceptors (Lipinski definition) is 1. The van der Waals surface area contributed by atoms with Gasteiger partial charge in [0.15, 0.2) is 0 Å². The lowest BCUT2D eigenvalue weighted by atomic mass is 9.65. The maximum absolute atomic E-state index is 5.11. The van der Waals surface area contributed by atoms with E-state index >= 15 is 0 Å². The Bertz CT molecular complexity index is 3110. The Morgan fingerprint density at radius 1 is 0.396 bits per heavy atom. The van der Waals surface area contributed by atoms with Crippen LogP contribution in [0.25, 0.3) is 77.9 Å². The van der Waals surface area contributed by atoms with Gasteiger partial charge >= 0.3 is 0 Å². The Balaban J connectivity index is 1.05. The molecule has 2 aromatic heterocycles. The molecule has 1 unspecified atom stereocenters. The van der Waals surface area contributed by atoms with Crippen molar-refractivity contribution in [2.45, 2.75) is 5.41 Å². The van der Waals surface area contributed by atoms with Gasteiger partial charge in [0.1, 0.15) is 5.82 Å². The average molecular weight is 674 g/mol. The van der Waals surface area contributed by atoms with E-state index < -0.39 is 5.41 Å². The smallest absolute Gasteiger partial charge is 0.145 e. The highest BCUT2D eigenvalue weighted by atomic mass is 15.1. The summed E-state index contributed by atoms with van der Waals surface area (Å²) in [6.07, 6.45) is 0. The molecule has 0 saturated carbocycles. The molecule has 12 rings (SSSR count). The van der Waals surface area contributed by atoms with Crippen LogP contribution < -0.4 is 0 Å². The number of para-hydroxylation sites is 6. The summed E-state index contributed by atoms with van der Waals surface area (Å²) in [5.41, 5.74) is 18.0. The van der Waals surface area contributed by atoms with Gasteiger partial charge in [-0.15, -0.1) is 0 Å². The molecule has 0 amide bonds. The molecule has 8 aromatic carbocycles. The maximum Gasteiger partial charge on any atom is 0.145 e. The molecule has 1 aliphatic carbocycles. The molecule has 0 saturated heterocycles. The van der Waals surface area contributed by atoms with E-state index in [4.69, 9.17) is 4.98 Å². The number of benzene rings is 8. The van der Waals surface area contributed by atoms with Gasteiger partial charge in [-0.2, -0.15) is 0 Å². The van der Waals surface area contributed by atoms with Crippen molar-refractivity contribution in [2.24, 2.45) is 0 Å². The largest absolute Gasteiger partial charge is 0.309 e. The Kier molecular flexibility index (Phi) is 5.70. The van der Waals surface area contributed by atoms with Gasteiger partial charge in [0.05, 0.1) is 33.2 Å². The van der Waals surface area contributed by atoms with E-state index in [1.807, 2.05) is 0 Å². The van der Waals surface area contributed by atoms with E-state index in [-0.39, 0.29) is 0 Å². The van der Waals surface area contributed by atoms with Crippen molar-refractivity contribution < 1.29 is 0 Å². The highest BCUT2D eigenvalue weighted by Crippen LogP contribution is 2.61. The highest BCUT2D eigenvalue weighted by molar-refractivity contribution is 6.12. The van der Waals surface area contributed by atoms with Crippen molar-refractivity contribution in [1.29, 1.82) is 0 Å². The predicted molar refractivity (Wildman–Crippen MR) is 217 cm³/mol. The molecule has 0 N–H and O–H groups in total. The lowest BCUT2D eigenvalue weighted by Crippen LogP contribution is -2.33. The number of aromatic nitrogens is 3. The van der Waals surface area contributed by atoms with Gasteiger partial charge < -0.3 is 4.57 Å². The molecule has 0 fully saturated rings. The fourth-order valence-corrected chi connectivity index (χ4v) is 9.62. The summed E-state index contributed by atoms with van der Waals surface area (Å²) < 4.78 is 4.77. The quantitative estimate of drug-likeness (QED) is 0.183. The van der Waals surface area contributed by atoms with Crippen molar-refractivity contribution in [1.82, 2.24) is 14.1 Å². The third-order valence-electron chi connectivity index (χ3n) is 11.7. The first-order valence-electron chi connectivity index (χ1n) is 18.3. The second-order valence-electron chi connectivity index (χ2n) is 14.3. The van der Waals surface area contributed by atoms with Gasteiger partial charge in [-0.05, 0) is 87.0 Å². The van der Waals surface area contributed by atoms with E-state index in [0.717, 1.165) is 28.1 Å². The molecule has 1 spiro atoms. The van der Waals surface area contributed by atoms with Crippen LogP contribution >= 0.6 is 0 Å². The van der Waals surface area contributed by atoms with Crippen molar-refractivity contribution in [3.63, 3.8) is 0 Å². The molecule has 246 valence electrons. The minimum atomic E-state index is -0.439. The van der Waals surface area contributed by atoms with Crippen LogP contribution in [-0.4, -0.2) is 14.1 Å². The van der Waals surface area contributed by atoms with Crippen molar-refractivity contribution >= 4 is 32.8 Å². The molecule has 0 radical (unpaired) electrons. The summed E-state index contributed by atoms with van der Waals surface area (Å²) in [4.78, 5) is 5.11. The Morgan fingerprint density at radius 3 is 1.92 bits per heavy atom. The van der Waals surface area contributed by atoms with Crippen molar-refractivity contribution in [3.05, 3.63) is 210 Å². The summed E-state index contributed by atoms with van der Waals surface area (Å²) in [6.45, 7) is 0. The highest BCUT2D eigenvalue weighted by Gasteiger charge is 2.50. The second-order valence-corrected chi connectivity index (χ2v) is 14.3. The van der Waals surface area contributed by atoms with E-state index in [2.05, 4.69) is 197 Å². The lowest BCUT2D eigenvalue weighted by Gasteiger charge is -2.39. The number of nitrogens with zero attached hydrogens (tertiary/aromatic N) is 3. The standard InChI is InChI=1S/C50H31N3/c1-2-13-35(14-3-1)52-47-24-11-8-21-44(47)51-49(52)33-27-25-32(26-28-33)34-29-30-41-39(31-34)36-15-4-6-18-40(36)50(41)42-19-7-10-23-46(42)53-45-22-9-5-16-37(45)38-17-12-20-43(50)48(38)53/h1-31H. The SMILES string of the molecule is c1ccc(-n2c(-c3ccc(-c4ccc5c(c4)-c4ccccc4C54c5ccccc5-n5c6ccccc6c6cccc4c65)cc3)nc3ccccc32)cc1. The van der Waals surface area contributed by atoms with Crippen LogP contribution in [0.3, 0.4) is 0 Å². The lowest BCUT2D eigenvalue weighted by molar-refractivity contribution is 0.748. The monoisotopic (exact) mass is 673 g/mol. The van der Waals surface area contributed by atoms with Gasteiger partial charge in [0, 0.05) is 22.0 Å². The Hall–Kier alpha value is -6.97. The van der Waals surface area contributed by atoms with Gasteiger partial charge in [-0.1, -0.05) is 146 Å². The van der Waals surface area contributed by atoms with Crippen LogP contribution in [0.1, 0.15) is 22.3 Å². The zero-order chi connectivity index (χ0) is 34.7. The molecule has 0 bridgehead atoms. The minimum Gasteiger partial charge on any atom is -0.309 e. The summed E-state index contributed by atoms with van der Waals surface area (Å²) in [6, 6.07) is 68.9. The van der Waals surface area contributed by atoms with Crippen LogP contribution in [0.4, 0.5) is 0 Å². The fraction of sp³-hybridized carbons (Fsp3) is 0.0200. The molecular weight excluding hydrogens is 643 g/mol. The molecule has 3 heteroatoms. The normalized spacial score (nSPS) is 15.2. The molecule has 10 aromatic rings. The topological polar surface area (TPSA) is 22.8 Å². The Labute approximate surface area is 306 Å². The van der Waals surface area contributed by atoms with E-state index in [1.165, 1.54) is 72.0 Å². The molecule has 2 aliphatic rings. The van der Waals surface area contributed by atoms with Crippen molar-refractivity contribution in [2.75, 3.05) is 0 Å². The number of rotatable bonds is 3. The van der Waals surface area contributed by atoms with Gasteiger partial charge in [0.2, 0.25) is 0 Å². The zero-order valence-electron chi connectivity index (χ0n) is 28.7. The predicted octanol–water partition coefficient (Wildman–Crippen LogP) is 12.1. The summed E-state index contributed by atoms with van der Waals surface area (Å²) in [7, 11) is 0. The zero-order valence-corrected chi connectivity index (χ0v) is 28.7. The van der Waals surface area contributed by atoms with Gasteiger partial charge in [0.25, 0.3) is 0 Å². The van der Waals surface area contributed by atoms with Crippen LogP contribution in [0.2, 0.25) is 0 Å². The molecule has 3 nitrogen and oxygen atoms in total. The molecule has 1 aliphatic heterocycles. The van der Waals surface area contributed by atoms with Crippen LogP contribution in [0.5, 0.6) is 0 Å². The van der Waals surface area contributed by atoms with Gasteiger partial charge in [-0.25, -0.2) is 4.98 Å². The maximum atomic E-state index is 5.11.